The van der Waals surface area contributed by atoms with Gasteiger partial charge in [0.15, 0.2) is 0 Å². The molecule has 128 valence electrons. The second kappa shape index (κ2) is 7.36. The topological polar surface area (TPSA) is 128 Å². The van der Waals surface area contributed by atoms with Crippen LogP contribution in [0.2, 0.25) is 0 Å². The average molecular weight is 354 g/mol. The van der Waals surface area contributed by atoms with Crippen molar-refractivity contribution in [2.24, 2.45) is 0 Å². The van der Waals surface area contributed by atoms with Crippen molar-refractivity contribution in [3.8, 4) is 0 Å². The van der Waals surface area contributed by atoms with Crippen LogP contribution >= 0.6 is 0 Å². The molecule has 2 aromatic carbocycles. The van der Waals surface area contributed by atoms with E-state index in [-0.39, 0.29) is 21.8 Å². The van der Waals surface area contributed by atoms with Crippen LogP contribution in [-0.4, -0.2) is 18.6 Å². The number of anilines is 1. The number of aryl methyl sites for hydroxylation is 1. The van der Waals surface area contributed by atoms with E-state index in [1.165, 1.54) is 30.3 Å². The summed E-state index contributed by atoms with van der Waals surface area (Å²) in [5, 5.41) is 19.5. The molecule has 0 spiro atoms. The Hall–Kier alpha value is -2.53. The number of nitrogens with zero attached hydrogens (tertiary/aromatic N) is 1. The van der Waals surface area contributed by atoms with E-state index >= 15 is 0 Å². The molecular weight excluding hydrogens is 340 g/mol. The van der Waals surface area contributed by atoms with E-state index in [9.17, 15) is 18.5 Å². The zero-order chi connectivity index (χ0) is 17.7. The molecular formula is C14H14N2O7S. The van der Waals surface area contributed by atoms with E-state index in [0.29, 0.717) is 0 Å². The van der Waals surface area contributed by atoms with Gasteiger partial charge in [-0.2, -0.15) is 8.42 Å². The Morgan fingerprint density at radius 1 is 1.21 bits per heavy atom. The number of nitro benzene ring substituents is 1. The summed E-state index contributed by atoms with van der Waals surface area (Å²) in [5.74, 6) is 0. The molecule has 0 amide bonds. The van der Waals surface area contributed by atoms with Crippen LogP contribution in [0.5, 0.6) is 0 Å². The van der Waals surface area contributed by atoms with Gasteiger partial charge in [0.2, 0.25) is 0 Å². The lowest BCUT2D eigenvalue weighted by Gasteiger charge is -2.10. The highest BCUT2D eigenvalue weighted by molar-refractivity contribution is 7.86. The lowest BCUT2D eigenvalue weighted by atomic mass is 10.1. The molecule has 0 saturated carbocycles. The van der Waals surface area contributed by atoms with Gasteiger partial charge < -0.3 is 0 Å². The van der Waals surface area contributed by atoms with Gasteiger partial charge in [0.1, 0.15) is 6.61 Å². The Morgan fingerprint density at radius 3 is 2.46 bits per heavy atom. The van der Waals surface area contributed by atoms with E-state index in [1.807, 2.05) is 5.48 Å². The van der Waals surface area contributed by atoms with E-state index < -0.39 is 21.6 Å². The molecule has 24 heavy (non-hydrogen) atoms. The molecule has 2 N–H and O–H groups in total. The van der Waals surface area contributed by atoms with Crippen molar-refractivity contribution >= 4 is 21.5 Å². The van der Waals surface area contributed by atoms with Gasteiger partial charge in [0.05, 0.1) is 21.1 Å². The maximum Gasteiger partial charge on any atom is 0.297 e. The van der Waals surface area contributed by atoms with Gasteiger partial charge in [0, 0.05) is 6.07 Å². The Bertz CT molecular complexity index is 835. The largest absolute Gasteiger partial charge is 0.297 e. The molecule has 0 bridgehead atoms. The first-order chi connectivity index (χ1) is 11.3. The molecule has 0 saturated heterocycles. The predicted molar refractivity (Wildman–Crippen MR) is 83.6 cm³/mol. The van der Waals surface area contributed by atoms with Crippen LogP contribution in [0.25, 0.3) is 0 Å². The highest BCUT2D eigenvalue weighted by atomic mass is 32.2. The maximum atomic E-state index is 12.2. The molecule has 0 fully saturated rings. The Labute approximate surface area is 137 Å². The lowest BCUT2D eigenvalue weighted by Crippen LogP contribution is -2.10. The second-order valence-electron chi connectivity index (χ2n) is 4.78. The molecule has 0 aliphatic carbocycles. The van der Waals surface area contributed by atoms with Crippen molar-refractivity contribution < 1.29 is 27.8 Å². The van der Waals surface area contributed by atoms with Crippen molar-refractivity contribution in [3.05, 3.63) is 63.7 Å². The minimum Gasteiger partial charge on any atom is -0.261 e. The van der Waals surface area contributed by atoms with E-state index in [0.717, 1.165) is 5.56 Å². The standard InChI is InChI=1S/C14H14N2O7S/c1-10-5-7-11(8-6-10)24(20,21)22-9-12-13(15-23-19)3-2-4-14(12)16(17)18/h2-8,15,19H,9H2,1H3. The summed E-state index contributed by atoms with van der Waals surface area (Å²) >= 11 is 0. The highest BCUT2D eigenvalue weighted by Crippen LogP contribution is 2.28. The number of hydrogen-bond acceptors (Lipinski definition) is 8. The number of nitro groups is 1. The molecule has 0 aliphatic heterocycles. The van der Waals surface area contributed by atoms with Crippen molar-refractivity contribution in [1.29, 1.82) is 0 Å². The van der Waals surface area contributed by atoms with Gasteiger partial charge in [-0.15, -0.1) is 4.99 Å². The van der Waals surface area contributed by atoms with Gasteiger partial charge in [-0.3, -0.25) is 14.3 Å². The average Bonchev–Trinajstić information content (AvgIpc) is 2.54. The van der Waals surface area contributed by atoms with Crippen LogP contribution in [0.1, 0.15) is 11.1 Å². The van der Waals surface area contributed by atoms with E-state index in [1.54, 1.807) is 19.1 Å². The van der Waals surface area contributed by atoms with Crippen molar-refractivity contribution in [1.82, 2.24) is 0 Å². The van der Waals surface area contributed by atoms with E-state index in [4.69, 9.17) is 9.44 Å². The van der Waals surface area contributed by atoms with Crippen molar-refractivity contribution in [3.63, 3.8) is 0 Å². The fourth-order valence-corrected chi connectivity index (χ4v) is 2.83. The molecule has 2 aromatic rings. The summed E-state index contributed by atoms with van der Waals surface area (Å²) in [6.45, 7) is 1.19. The summed E-state index contributed by atoms with van der Waals surface area (Å²) in [6, 6.07) is 9.85. The number of nitrogens with one attached hydrogen (secondary N) is 1. The van der Waals surface area contributed by atoms with Gasteiger partial charge in [-0.1, -0.05) is 23.8 Å². The fourth-order valence-electron chi connectivity index (χ4n) is 1.95. The minimum absolute atomic E-state index is 0.00538. The van der Waals surface area contributed by atoms with Crippen LogP contribution in [0.3, 0.4) is 0 Å². The zero-order valence-corrected chi connectivity index (χ0v) is 13.3. The maximum absolute atomic E-state index is 12.2. The molecule has 10 heteroatoms. The minimum atomic E-state index is -4.10. The van der Waals surface area contributed by atoms with Gasteiger partial charge in [-0.05, 0) is 25.1 Å². The monoisotopic (exact) mass is 354 g/mol. The lowest BCUT2D eigenvalue weighted by molar-refractivity contribution is -0.385. The summed E-state index contributed by atoms with van der Waals surface area (Å²) in [4.78, 5) is 14.1. The Morgan fingerprint density at radius 2 is 1.88 bits per heavy atom. The SMILES string of the molecule is Cc1ccc(S(=O)(=O)OCc2c(NOO)cccc2[N+](=O)[O-])cc1. The Balaban J connectivity index is 2.30. The third-order valence-electron chi connectivity index (χ3n) is 3.17. The number of hydrogen-bond donors (Lipinski definition) is 2. The smallest absolute Gasteiger partial charge is 0.261 e. The number of rotatable bonds is 7. The first kappa shape index (κ1) is 17.8. The highest BCUT2D eigenvalue weighted by Gasteiger charge is 2.22. The first-order valence-electron chi connectivity index (χ1n) is 6.64. The van der Waals surface area contributed by atoms with Crippen LogP contribution < -0.4 is 5.48 Å². The molecule has 0 atom stereocenters. The van der Waals surface area contributed by atoms with Crippen molar-refractivity contribution in [2.75, 3.05) is 5.48 Å². The zero-order valence-electron chi connectivity index (χ0n) is 12.5. The molecule has 2 rings (SSSR count). The van der Waals surface area contributed by atoms with Crippen LogP contribution in [0.15, 0.2) is 47.4 Å². The van der Waals surface area contributed by atoms with Gasteiger partial charge in [0.25, 0.3) is 15.8 Å². The summed E-state index contributed by atoms with van der Waals surface area (Å²) in [6.07, 6.45) is 0. The fraction of sp³-hybridized carbons (Fsp3) is 0.143. The molecule has 0 radical (unpaired) electrons. The van der Waals surface area contributed by atoms with Gasteiger partial charge in [-0.25, -0.2) is 10.7 Å². The molecule has 0 aliphatic rings. The van der Waals surface area contributed by atoms with Crippen LogP contribution in [0, 0.1) is 17.0 Å². The first-order valence-corrected chi connectivity index (χ1v) is 8.05. The van der Waals surface area contributed by atoms with Crippen LogP contribution in [-0.2, 0) is 25.9 Å². The van der Waals surface area contributed by atoms with Crippen molar-refractivity contribution in [2.45, 2.75) is 18.4 Å². The Kier molecular flexibility index (Phi) is 5.46. The third-order valence-corrected chi connectivity index (χ3v) is 4.45. The molecule has 0 aromatic heterocycles. The molecule has 0 unspecified atom stereocenters. The molecule has 0 heterocycles. The van der Waals surface area contributed by atoms with E-state index in [2.05, 4.69) is 4.99 Å². The summed E-state index contributed by atoms with van der Waals surface area (Å²) in [7, 11) is -4.10. The molecule has 9 nitrogen and oxygen atoms in total. The predicted octanol–water partition coefficient (Wildman–Crippen LogP) is 2.63. The van der Waals surface area contributed by atoms with Crippen LogP contribution in [0.4, 0.5) is 11.4 Å². The quantitative estimate of drug-likeness (QED) is 0.336. The normalized spacial score (nSPS) is 11.2. The third kappa shape index (κ3) is 4.06. The number of benzene rings is 2. The summed E-state index contributed by atoms with van der Waals surface area (Å²) < 4.78 is 29.3. The van der Waals surface area contributed by atoms with Gasteiger partial charge >= 0.3 is 0 Å². The summed E-state index contributed by atoms with van der Waals surface area (Å²) in [5.41, 5.74) is 2.44. The second-order valence-corrected chi connectivity index (χ2v) is 6.40.